The van der Waals surface area contributed by atoms with Crippen molar-refractivity contribution in [2.45, 2.75) is 0 Å². The number of benzene rings is 3. The number of amides is 1. The first kappa shape index (κ1) is 22.6. The standard InChI is InChI=1S/C24H20IN3O5/c1-30-19-12-14(13-20(31-2)21(19)32-3)22-27-24(33-28-22)16-9-5-7-11-18(16)26-23(29)15-8-4-6-10-17(15)25/h4-13H,1-3H3,(H,26,29). The first-order valence-corrected chi connectivity index (χ1v) is 10.9. The van der Waals surface area contributed by atoms with E-state index < -0.39 is 0 Å². The molecule has 0 saturated heterocycles. The van der Waals surface area contributed by atoms with Crippen molar-refractivity contribution in [2.75, 3.05) is 26.6 Å². The van der Waals surface area contributed by atoms with Crippen molar-refractivity contribution in [3.63, 3.8) is 0 Å². The molecule has 4 rings (SSSR count). The molecular weight excluding hydrogens is 537 g/mol. The van der Waals surface area contributed by atoms with Gasteiger partial charge >= 0.3 is 0 Å². The van der Waals surface area contributed by atoms with Gasteiger partial charge < -0.3 is 24.1 Å². The quantitative estimate of drug-likeness (QED) is 0.309. The van der Waals surface area contributed by atoms with Gasteiger partial charge in [0.1, 0.15) is 0 Å². The average molecular weight is 557 g/mol. The van der Waals surface area contributed by atoms with Crippen molar-refractivity contribution < 1.29 is 23.5 Å². The Kier molecular flexibility index (Phi) is 6.78. The van der Waals surface area contributed by atoms with Gasteiger partial charge in [-0.1, -0.05) is 29.4 Å². The number of nitrogens with one attached hydrogen (secondary N) is 1. The Morgan fingerprint density at radius 2 is 1.61 bits per heavy atom. The van der Waals surface area contributed by atoms with E-state index in [4.69, 9.17) is 18.7 Å². The molecule has 0 spiro atoms. The van der Waals surface area contributed by atoms with Crippen molar-refractivity contribution >= 4 is 34.2 Å². The molecule has 0 radical (unpaired) electrons. The van der Waals surface area contributed by atoms with Crippen molar-refractivity contribution in [1.82, 2.24) is 10.1 Å². The van der Waals surface area contributed by atoms with Gasteiger partial charge in [-0.15, -0.1) is 0 Å². The van der Waals surface area contributed by atoms with Crippen molar-refractivity contribution in [3.05, 3.63) is 69.8 Å². The van der Waals surface area contributed by atoms with E-state index in [1.807, 2.05) is 30.3 Å². The van der Waals surface area contributed by atoms with E-state index in [-0.39, 0.29) is 11.8 Å². The zero-order chi connectivity index (χ0) is 23.4. The molecule has 33 heavy (non-hydrogen) atoms. The Balaban J connectivity index is 1.68. The van der Waals surface area contributed by atoms with Crippen LogP contribution in [0.3, 0.4) is 0 Å². The Morgan fingerprint density at radius 1 is 0.939 bits per heavy atom. The second kappa shape index (κ2) is 9.90. The maximum absolute atomic E-state index is 12.8. The molecule has 4 aromatic rings. The largest absolute Gasteiger partial charge is 0.493 e. The van der Waals surface area contributed by atoms with Crippen molar-refractivity contribution in [1.29, 1.82) is 0 Å². The molecule has 0 saturated carbocycles. The van der Waals surface area contributed by atoms with Crippen LogP contribution in [0.1, 0.15) is 10.4 Å². The molecule has 168 valence electrons. The summed E-state index contributed by atoms with van der Waals surface area (Å²) < 4.78 is 22.6. The maximum atomic E-state index is 12.8. The number of rotatable bonds is 7. The minimum atomic E-state index is -0.225. The highest BCUT2D eigenvalue weighted by Gasteiger charge is 2.20. The number of ether oxygens (including phenoxy) is 3. The Labute approximate surface area is 204 Å². The second-order valence-electron chi connectivity index (χ2n) is 6.82. The number of aromatic nitrogens is 2. The number of nitrogens with zero attached hydrogens (tertiary/aromatic N) is 2. The van der Waals surface area contributed by atoms with Gasteiger partial charge in [0.25, 0.3) is 11.8 Å². The summed E-state index contributed by atoms with van der Waals surface area (Å²) in [6.07, 6.45) is 0. The van der Waals surface area contributed by atoms with Crippen LogP contribution >= 0.6 is 22.6 Å². The minimum Gasteiger partial charge on any atom is -0.493 e. The molecule has 0 aliphatic carbocycles. The lowest BCUT2D eigenvalue weighted by atomic mass is 10.1. The average Bonchev–Trinajstić information content (AvgIpc) is 3.33. The first-order valence-electron chi connectivity index (χ1n) is 9.85. The summed E-state index contributed by atoms with van der Waals surface area (Å²) in [7, 11) is 4.61. The number of hydrogen-bond donors (Lipinski definition) is 1. The molecular formula is C24H20IN3O5. The van der Waals surface area contributed by atoms with Crippen LogP contribution in [-0.4, -0.2) is 37.4 Å². The zero-order valence-corrected chi connectivity index (χ0v) is 20.2. The third-order valence-electron chi connectivity index (χ3n) is 4.87. The van der Waals surface area contributed by atoms with E-state index >= 15 is 0 Å². The highest BCUT2D eigenvalue weighted by molar-refractivity contribution is 14.1. The summed E-state index contributed by atoms with van der Waals surface area (Å²) in [5, 5.41) is 7.05. The summed E-state index contributed by atoms with van der Waals surface area (Å²) in [4.78, 5) is 17.4. The Bertz CT molecular complexity index is 1280. The van der Waals surface area contributed by atoms with Crippen LogP contribution in [0.4, 0.5) is 5.69 Å². The second-order valence-corrected chi connectivity index (χ2v) is 7.98. The number of carbonyl (C=O) groups is 1. The first-order chi connectivity index (χ1) is 16.0. The predicted molar refractivity (Wildman–Crippen MR) is 132 cm³/mol. The van der Waals surface area contributed by atoms with Gasteiger partial charge in [0.2, 0.25) is 11.6 Å². The molecule has 1 aromatic heterocycles. The van der Waals surface area contributed by atoms with Gasteiger partial charge in [-0.3, -0.25) is 4.79 Å². The molecule has 0 aliphatic heterocycles. The molecule has 1 amide bonds. The lowest BCUT2D eigenvalue weighted by molar-refractivity contribution is 0.102. The van der Waals surface area contributed by atoms with E-state index in [9.17, 15) is 4.79 Å². The lowest BCUT2D eigenvalue weighted by Crippen LogP contribution is -2.14. The summed E-state index contributed by atoms with van der Waals surface area (Å²) in [5.74, 6) is 1.79. The topological polar surface area (TPSA) is 95.7 Å². The van der Waals surface area contributed by atoms with Crippen LogP contribution in [0.25, 0.3) is 22.8 Å². The van der Waals surface area contributed by atoms with Crippen molar-refractivity contribution in [2.24, 2.45) is 0 Å². The van der Waals surface area contributed by atoms with Crippen LogP contribution in [0.2, 0.25) is 0 Å². The molecule has 0 atom stereocenters. The van der Waals surface area contributed by atoms with Gasteiger partial charge in [-0.05, 0) is 59.0 Å². The number of hydrogen-bond acceptors (Lipinski definition) is 7. The molecule has 0 aliphatic rings. The van der Waals surface area contributed by atoms with Crippen LogP contribution in [-0.2, 0) is 0 Å². The fourth-order valence-corrected chi connectivity index (χ4v) is 3.91. The van der Waals surface area contributed by atoms with E-state index in [1.165, 1.54) is 21.3 Å². The zero-order valence-electron chi connectivity index (χ0n) is 18.1. The molecule has 1 N–H and O–H groups in total. The van der Waals surface area contributed by atoms with Gasteiger partial charge in [0.05, 0.1) is 38.1 Å². The van der Waals surface area contributed by atoms with Crippen LogP contribution < -0.4 is 19.5 Å². The fraction of sp³-hybridized carbons (Fsp3) is 0.125. The molecule has 0 fully saturated rings. The van der Waals surface area contributed by atoms with E-state index in [0.717, 1.165) is 3.57 Å². The highest BCUT2D eigenvalue weighted by Crippen LogP contribution is 2.41. The number of halogens is 1. The fourth-order valence-electron chi connectivity index (χ4n) is 3.27. The number of para-hydroxylation sites is 1. The van der Waals surface area contributed by atoms with Gasteiger partial charge in [-0.25, -0.2) is 0 Å². The van der Waals surface area contributed by atoms with E-state index in [2.05, 4.69) is 38.0 Å². The maximum Gasteiger partial charge on any atom is 0.260 e. The van der Waals surface area contributed by atoms with Crippen LogP contribution in [0.15, 0.2) is 65.2 Å². The molecule has 3 aromatic carbocycles. The molecule has 0 bridgehead atoms. The molecule has 8 nitrogen and oxygen atoms in total. The summed E-state index contributed by atoms with van der Waals surface area (Å²) >= 11 is 2.13. The number of anilines is 1. The highest BCUT2D eigenvalue weighted by atomic mass is 127. The van der Waals surface area contributed by atoms with Gasteiger partial charge in [0, 0.05) is 9.13 Å². The SMILES string of the molecule is COc1cc(-c2noc(-c3ccccc3NC(=O)c3ccccc3I)n2)cc(OC)c1OC. The van der Waals surface area contributed by atoms with E-state index in [0.29, 0.717) is 45.5 Å². The summed E-state index contributed by atoms with van der Waals surface area (Å²) in [6.45, 7) is 0. The molecule has 1 heterocycles. The summed E-state index contributed by atoms with van der Waals surface area (Å²) in [6, 6.07) is 18.1. The third-order valence-corrected chi connectivity index (χ3v) is 5.81. The molecule has 0 unspecified atom stereocenters. The Hall–Kier alpha value is -3.60. The Morgan fingerprint density at radius 3 is 2.27 bits per heavy atom. The minimum absolute atomic E-state index is 0.225. The van der Waals surface area contributed by atoms with Crippen LogP contribution in [0, 0.1) is 3.57 Å². The number of methoxy groups -OCH3 is 3. The summed E-state index contributed by atoms with van der Waals surface area (Å²) in [5.41, 5.74) is 2.36. The van der Waals surface area contributed by atoms with Crippen LogP contribution in [0.5, 0.6) is 17.2 Å². The normalized spacial score (nSPS) is 10.5. The monoisotopic (exact) mass is 557 g/mol. The third kappa shape index (κ3) is 4.63. The van der Waals surface area contributed by atoms with Crippen molar-refractivity contribution in [3.8, 4) is 40.1 Å². The van der Waals surface area contributed by atoms with Gasteiger partial charge in [-0.2, -0.15) is 4.98 Å². The molecule has 9 heteroatoms. The lowest BCUT2D eigenvalue weighted by Gasteiger charge is -2.12. The van der Waals surface area contributed by atoms with E-state index in [1.54, 1.807) is 30.3 Å². The smallest absolute Gasteiger partial charge is 0.260 e. The predicted octanol–water partition coefficient (Wildman–Crippen LogP) is 5.29. The number of carbonyl (C=O) groups excluding carboxylic acids is 1. The van der Waals surface area contributed by atoms with Gasteiger partial charge in [0.15, 0.2) is 11.5 Å².